The molecule has 4 unspecified atom stereocenters. The summed E-state index contributed by atoms with van der Waals surface area (Å²) in [6.45, 7) is 6.85. The number of carbonyl (C=O) groups is 1. The molecule has 0 aliphatic heterocycles. The molecule has 4 aliphatic rings. The van der Waals surface area contributed by atoms with Crippen molar-refractivity contribution >= 4 is 5.78 Å². The molecule has 3 fully saturated rings. The summed E-state index contributed by atoms with van der Waals surface area (Å²) in [5.41, 5.74) is 4.12. The number of aryl methyl sites for hydroxylation is 1. The van der Waals surface area contributed by atoms with E-state index in [-0.39, 0.29) is 5.41 Å². The monoisotopic (exact) mass is 417 g/mol. The minimum absolute atomic E-state index is 0.243. The van der Waals surface area contributed by atoms with Gasteiger partial charge < -0.3 is 0 Å². The molecular formula is C27H35N3O. The van der Waals surface area contributed by atoms with Gasteiger partial charge in [-0.15, -0.1) is 0 Å². The van der Waals surface area contributed by atoms with Crippen LogP contribution < -0.4 is 0 Å². The molecule has 0 amide bonds. The van der Waals surface area contributed by atoms with Crippen LogP contribution in [0.1, 0.15) is 83.0 Å². The van der Waals surface area contributed by atoms with E-state index in [1.807, 2.05) is 17.8 Å². The first-order chi connectivity index (χ1) is 14.9. The molecule has 7 atom stereocenters. The Morgan fingerprint density at radius 1 is 0.935 bits per heavy atom. The van der Waals surface area contributed by atoms with Gasteiger partial charge in [0.1, 0.15) is 5.78 Å². The molecule has 4 nitrogen and oxygen atoms in total. The molecule has 0 bridgehead atoms. The summed E-state index contributed by atoms with van der Waals surface area (Å²) < 4.78 is 0. The fourth-order valence-electron chi connectivity index (χ4n) is 8.79. The highest BCUT2D eigenvalue weighted by molar-refractivity contribution is 5.79. The molecule has 6 rings (SSSR count). The van der Waals surface area contributed by atoms with Crippen molar-refractivity contribution in [3.8, 4) is 5.69 Å². The van der Waals surface area contributed by atoms with E-state index >= 15 is 0 Å². The highest BCUT2D eigenvalue weighted by Crippen LogP contribution is 2.68. The van der Waals surface area contributed by atoms with E-state index < -0.39 is 0 Å². The maximum atomic E-state index is 12.4. The van der Waals surface area contributed by atoms with Crippen LogP contribution in [-0.4, -0.2) is 20.8 Å². The first-order valence-corrected chi connectivity index (χ1v) is 12.4. The Hall–Kier alpha value is -1.97. The van der Waals surface area contributed by atoms with Crippen LogP contribution in [0.3, 0.4) is 0 Å². The van der Waals surface area contributed by atoms with Gasteiger partial charge in [-0.05, 0) is 99.0 Å². The fraction of sp³-hybridized carbons (Fsp3) is 0.667. The van der Waals surface area contributed by atoms with E-state index in [0.717, 1.165) is 36.3 Å². The van der Waals surface area contributed by atoms with Crippen molar-refractivity contribution in [1.29, 1.82) is 0 Å². The average Bonchev–Trinajstić information content (AvgIpc) is 3.35. The summed E-state index contributed by atoms with van der Waals surface area (Å²) in [5.74, 6) is 3.56. The molecule has 2 aromatic rings. The van der Waals surface area contributed by atoms with E-state index in [0.29, 0.717) is 23.0 Å². The zero-order valence-electron chi connectivity index (χ0n) is 19.2. The molecule has 0 radical (unpaired) electrons. The van der Waals surface area contributed by atoms with Crippen molar-refractivity contribution in [3.05, 3.63) is 41.7 Å². The number of rotatable bonds is 2. The lowest BCUT2D eigenvalue weighted by atomic mass is 9.45. The Kier molecular flexibility index (Phi) is 4.30. The largest absolute Gasteiger partial charge is 0.300 e. The second-order valence-corrected chi connectivity index (χ2v) is 11.5. The molecule has 4 aliphatic carbocycles. The normalized spacial score (nSPS) is 41.1. The van der Waals surface area contributed by atoms with Crippen LogP contribution in [0.25, 0.3) is 5.69 Å². The highest BCUT2D eigenvalue weighted by Gasteiger charge is 2.61. The molecule has 1 heterocycles. The summed E-state index contributed by atoms with van der Waals surface area (Å²) >= 11 is 0. The van der Waals surface area contributed by atoms with E-state index in [4.69, 9.17) is 10.2 Å². The number of Topliss-reactive ketones (excluding diaryl/α,β-unsaturated/α-hetero) is 1. The second kappa shape index (κ2) is 6.76. The molecular weight excluding hydrogens is 382 g/mol. The lowest BCUT2D eigenvalue weighted by Gasteiger charge is -2.59. The average molecular weight is 418 g/mol. The molecule has 1 aromatic carbocycles. The van der Waals surface area contributed by atoms with Gasteiger partial charge in [-0.1, -0.05) is 32.0 Å². The molecule has 3 saturated carbocycles. The van der Waals surface area contributed by atoms with Gasteiger partial charge in [0.2, 0.25) is 0 Å². The summed E-state index contributed by atoms with van der Waals surface area (Å²) in [4.78, 5) is 14.3. The Labute approximate surface area is 185 Å². The van der Waals surface area contributed by atoms with Crippen LogP contribution in [0, 0.1) is 34.5 Å². The number of para-hydroxylation sites is 1. The van der Waals surface area contributed by atoms with Crippen molar-refractivity contribution in [2.45, 2.75) is 78.1 Å². The summed E-state index contributed by atoms with van der Waals surface area (Å²) in [6, 6.07) is 10.3. The Bertz CT molecular complexity index is 1010. The quantitative estimate of drug-likeness (QED) is 0.625. The number of hydrogen-bond donors (Lipinski definition) is 0. The van der Waals surface area contributed by atoms with E-state index in [1.165, 1.54) is 49.9 Å². The third-order valence-electron chi connectivity index (χ3n) is 10.3. The third kappa shape index (κ3) is 2.69. The predicted octanol–water partition coefficient (Wildman–Crippen LogP) is 5.74. The van der Waals surface area contributed by atoms with E-state index in [9.17, 15) is 4.79 Å². The van der Waals surface area contributed by atoms with Gasteiger partial charge in [-0.25, -0.2) is 0 Å². The fourth-order valence-corrected chi connectivity index (χ4v) is 8.79. The maximum absolute atomic E-state index is 12.4. The number of nitrogens with zero attached hydrogens (tertiary/aromatic N) is 3. The first-order valence-electron chi connectivity index (χ1n) is 12.4. The van der Waals surface area contributed by atoms with Gasteiger partial charge in [-0.3, -0.25) is 4.79 Å². The van der Waals surface area contributed by atoms with Crippen LogP contribution in [-0.2, 0) is 11.2 Å². The first kappa shape index (κ1) is 19.7. The van der Waals surface area contributed by atoms with Gasteiger partial charge in [0.25, 0.3) is 0 Å². The molecule has 0 spiro atoms. The zero-order valence-corrected chi connectivity index (χ0v) is 19.2. The van der Waals surface area contributed by atoms with Crippen LogP contribution in [0.15, 0.2) is 30.3 Å². The lowest BCUT2D eigenvalue weighted by Crippen LogP contribution is -2.52. The SMILES string of the molecule is CC(=O)C1CCC2[C@@H]3CCC4c5nn(-c6ccccc6)nc5CC[C@]4(C)C3CC[C@]12C. The number of aromatic nitrogens is 3. The number of hydrogen-bond acceptors (Lipinski definition) is 3. The Morgan fingerprint density at radius 3 is 2.48 bits per heavy atom. The Morgan fingerprint density at radius 2 is 1.71 bits per heavy atom. The third-order valence-corrected chi connectivity index (χ3v) is 10.3. The van der Waals surface area contributed by atoms with Crippen molar-refractivity contribution in [2.75, 3.05) is 0 Å². The van der Waals surface area contributed by atoms with Crippen molar-refractivity contribution in [3.63, 3.8) is 0 Å². The number of benzene rings is 1. The van der Waals surface area contributed by atoms with Gasteiger partial charge in [0.05, 0.1) is 17.1 Å². The second-order valence-electron chi connectivity index (χ2n) is 11.5. The number of carbonyl (C=O) groups excluding carboxylic acids is 1. The maximum Gasteiger partial charge on any atom is 0.133 e. The van der Waals surface area contributed by atoms with Crippen LogP contribution in [0.5, 0.6) is 0 Å². The predicted molar refractivity (Wildman–Crippen MR) is 121 cm³/mol. The van der Waals surface area contributed by atoms with Gasteiger partial charge in [0.15, 0.2) is 0 Å². The standard InChI is InChI=1S/C27H35N3O/c1-17(31)20-11-12-21-19-9-10-23-25-24(28-30(29-25)18-7-5-4-6-8-18)14-16-27(23,3)22(19)13-15-26(20,21)2/h4-8,19-23H,9-16H2,1-3H3/t19-,20?,21?,22?,23?,26+,27+/m0/s1. The van der Waals surface area contributed by atoms with Gasteiger partial charge >= 0.3 is 0 Å². The molecule has 0 saturated heterocycles. The Balaban J connectivity index is 1.32. The molecule has 4 heteroatoms. The number of ketones is 1. The zero-order chi connectivity index (χ0) is 21.4. The van der Waals surface area contributed by atoms with Gasteiger partial charge in [-0.2, -0.15) is 15.0 Å². The topological polar surface area (TPSA) is 47.8 Å². The summed E-state index contributed by atoms with van der Waals surface area (Å²) in [7, 11) is 0. The van der Waals surface area contributed by atoms with Crippen molar-refractivity contribution in [1.82, 2.24) is 15.0 Å². The summed E-state index contributed by atoms with van der Waals surface area (Å²) in [5, 5.41) is 9.97. The van der Waals surface area contributed by atoms with E-state index in [2.05, 4.69) is 38.1 Å². The van der Waals surface area contributed by atoms with Crippen LogP contribution in [0.4, 0.5) is 0 Å². The number of fused-ring (bicyclic) bond motifs is 7. The lowest BCUT2D eigenvalue weighted by molar-refractivity contribution is -0.129. The molecule has 0 N–H and O–H groups in total. The van der Waals surface area contributed by atoms with E-state index in [1.54, 1.807) is 0 Å². The van der Waals surface area contributed by atoms with Crippen LogP contribution >= 0.6 is 0 Å². The van der Waals surface area contributed by atoms with Crippen molar-refractivity contribution in [2.24, 2.45) is 34.5 Å². The molecule has 1 aromatic heterocycles. The minimum atomic E-state index is 0.243. The van der Waals surface area contributed by atoms with Gasteiger partial charge in [0, 0.05) is 11.8 Å². The van der Waals surface area contributed by atoms with Crippen molar-refractivity contribution < 1.29 is 4.79 Å². The molecule has 164 valence electrons. The highest BCUT2D eigenvalue weighted by atomic mass is 16.1. The van der Waals surface area contributed by atoms with Crippen LogP contribution in [0.2, 0.25) is 0 Å². The summed E-state index contributed by atoms with van der Waals surface area (Å²) in [6.07, 6.45) is 9.72. The minimum Gasteiger partial charge on any atom is -0.300 e. The molecule has 31 heavy (non-hydrogen) atoms. The smallest absolute Gasteiger partial charge is 0.133 e.